The van der Waals surface area contributed by atoms with Crippen molar-refractivity contribution in [3.05, 3.63) is 47.8 Å². The molecule has 0 fully saturated rings. The first kappa shape index (κ1) is 16.3. The Kier molecular flexibility index (Phi) is 5.75. The highest BCUT2D eigenvalue weighted by atomic mass is 16.5. The van der Waals surface area contributed by atoms with Gasteiger partial charge in [-0.05, 0) is 25.3 Å². The van der Waals surface area contributed by atoms with Gasteiger partial charge in [0.15, 0.2) is 0 Å². The quantitative estimate of drug-likeness (QED) is 0.830. The van der Waals surface area contributed by atoms with E-state index in [1.807, 2.05) is 31.2 Å². The summed E-state index contributed by atoms with van der Waals surface area (Å²) in [6, 6.07) is 12.4. The van der Waals surface area contributed by atoms with E-state index in [1.54, 1.807) is 0 Å². The van der Waals surface area contributed by atoms with Gasteiger partial charge < -0.3 is 10.1 Å². The van der Waals surface area contributed by atoms with Gasteiger partial charge in [0.05, 0.1) is 6.61 Å². The minimum atomic E-state index is 0.178. The molecule has 1 aromatic heterocycles. The minimum Gasteiger partial charge on any atom is -0.478 e. The Balaban J connectivity index is 2.19. The van der Waals surface area contributed by atoms with Crippen molar-refractivity contribution in [2.24, 2.45) is 5.92 Å². The molecule has 1 unspecified atom stereocenters. The van der Waals surface area contributed by atoms with Crippen molar-refractivity contribution in [1.29, 1.82) is 0 Å². The van der Waals surface area contributed by atoms with Crippen LogP contribution in [0.3, 0.4) is 0 Å². The van der Waals surface area contributed by atoms with E-state index >= 15 is 0 Å². The summed E-state index contributed by atoms with van der Waals surface area (Å²) in [5, 5.41) is 3.44. The number of benzene rings is 1. The van der Waals surface area contributed by atoms with Crippen molar-refractivity contribution in [1.82, 2.24) is 9.97 Å². The van der Waals surface area contributed by atoms with Crippen molar-refractivity contribution in [2.45, 2.75) is 40.2 Å². The average molecular weight is 299 g/mol. The Hall–Kier alpha value is -2.10. The van der Waals surface area contributed by atoms with Crippen molar-refractivity contribution < 1.29 is 4.74 Å². The summed E-state index contributed by atoms with van der Waals surface area (Å²) in [5.41, 5.74) is 1.23. The van der Waals surface area contributed by atoms with E-state index in [0.29, 0.717) is 18.4 Å². The zero-order valence-corrected chi connectivity index (χ0v) is 13.8. The third kappa shape index (κ3) is 4.72. The third-order valence-corrected chi connectivity index (χ3v) is 3.30. The molecule has 0 radical (unpaired) electrons. The molecule has 1 heterocycles. The zero-order valence-electron chi connectivity index (χ0n) is 13.8. The van der Waals surface area contributed by atoms with Gasteiger partial charge in [-0.25, -0.2) is 4.98 Å². The van der Waals surface area contributed by atoms with Crippen molar-refractivity contribution in [3.63, 3.8) is 0 Å². The van der Waals surface area contributed by atoms with Crippen LogP contribution in [0.5, 0.6) is 5.88 Å². The summed E-state index contributed by atoms with van der Waals surface area (Å²) < 4.78 is 5.56. The SMILES string of the molecule is CCOc1cc(NC(C)c2ccccc2)nc(CC(C)C)n1. The molecule has 118 valence electrons. The van der Waals surface area contributed by atoms with E-state index in [4.69, 9.17) is 4.74 Å². The molecule has 0 aliphatic rings. The van der Waals surface area contributed by atoms with E-state index in [9.17, 15) is 0 Å². The number of hydrogen-bond acceptors (Lipinski definition) is 4. The molecule has 2 aromatic rings. The second-order valence-corrected chi connectivity index (χ2v) is 5.82. The molecule has 4 heteroatoms. The third-order valence-electron chi connectivity index (χ3n) is 3.30. The lowest BCUT2D eigenvalue weighted by atomic mass is 10.1. The monoisotopic (exact) mass is 299 g/mol. The second kappa shape index (κ2) is 7.78. The molecule has 2 rings (SSSR count). The number of rotatable bonds is 7. The maximum Gasteiger partial charge on any atom is 0.218 e. The number of aromatic nitrogens is 2. The number of hydrogen-bond donors (Lipinski definition) is 1. The molecule has 0 saturated heterocycles. The van der Waals surface area contributed by atoms with Crippen LogP contribution in [0.2, 0.25) is 0 Å². The van der Waals surface area contributed by atoms with Crippen LogP contribution >= 0.6 is 0 Å². The fourth-order valence-electron chi connectivity index (χ4n) is 2.27. The van der Waals surface area contributed by atoms with E-state index in [-0.39, 0.29) is 6.04 Å². The van der Waals surface area contributed by atoms with Crippen LogP contribution in [0.1, 0.15) is 45.1 Å². The summed E-state index contributed by atoms with van der Waals surface area (Å²) in [4.78, 5) is 9.09. The molecule has 0 spiro atoms. The van der Waals surface area contributed by atoms with Gasteiger partial charge in [-0.2, -0.15) is 4.98 Å². The first-order valence-corrected chi connectivity index (χ1v) is 7.90. The highest BCUT2D eigenvalue weighted by Crippen LogP contribution is 2.21. The van der Waals surface area contributed by atoms with E-state index in [2.05, 4.69) is 48.2 Å². The lowest BCUT2D eigenvalue weighted by Gasteiger charge is -2.16. The molecular weight excluding hydrogens is 274 g/mol. The molecule has 0 aliphatic heterocycles. The summed E-state index contributed by atoms with van der Waals surface area (Å²) in [6.45, 7) is 9.02. The molecule has 0 saturated carbocycles. The summed E-state index contributed by atoms with van der Waals surface area (Å²) in [5.74, 6) is 2.78. The first-order chi connectivity index (χ1) is 10.6. The van der Waals surface area contributed by atoms with Crippen molar-refractivity contribution >= 4 is 5.82 Å². The normalized spacial score (nSPS) is 12.2. The van der Waals surface area contributed by atoms with E-state index in [0.717, 1.165) is 18.1 Å². The van der Waals surface area contributed by atoms with Crippen LogP contribution in [0.15, 0.2) is 36.4 Å². The predicted molar refractivity (Wildman–Crippen MR) is 90.2 cm³/mol. The number of anilines is 1. The van der Waals surface area contributed by atoms with Crippen molar-refractivity contribution in [2.75, 3.05) is 11.9 Å². The Bertz CT molecular complexity index is 584. The Morgan fingerprint density at radius 2 is 1.82 bits per heavy atom. The fourth-order valence-corrected chi connectivity index (χ4v) is 2.27. The molecule has 0 bridgehead atoms. The van der Waals surface area contributed by atoms with Crippen LogP contribution in [0.25, 0.3) is 0 Å². The van der Waals surface area contributed by atoms with Gasteiger partial charge in [-0.1, -0.05) is 44.2 Å². The van der Waals surface area contributed by atoms with Gasteiger partial charge in [0.1, 0.15) is 11.6 Å². The number of nitrogens with one attached hydrogen (secondary N) is 1. The van der Waals surface area contributed by atoms with Gasteiger partial charge in [0.2, 0.25) is 5.88 Å². The molecule has 22 heavy (non-hydrogen) atoms. The topological polar surface area (TPSA) is 47.0 Å². The molecule has 1 N–H and O–H groups in total. The van der Waals surface area contributed by atoms with Crippen LogP contribution in [0, 0.1) is 5.92 Å². The average Bonchev–Trinajstić information content (AvgIpc) is 2.47. The van der Waals surface area contributed by atoms with E-state index < -0.39 is 0 Å². The number of ether oxygens (including phenoxy) is 1. The van der Waals surface area contributed by atoms with Gasteiger partial charge in [-0.15, -0.1) is 0 Å². The van der Waals surface area contributed by atoms with Crippen LogP contribution < -0.4 is 10.1 Å². The molecule has 1 aromatic carbocycles. The second-order valence-electron chi connectivity index (χ2n) is 5.82. The predicted octanol–water partition coefficient (Wildman–Crippen LogP) is 4.25. The van der Waals surface area contributed by atoms with Gasteiger partial charge in [-0.3, -0.25) is 0 Å². The zero-order chi connectivity index (χ0) is 15.9. The highest BCUT2D eigenvalue weighted by molar-refractivity contribution is 5.41. The minimum absolute atomic E-state index is 0.178. The maximum atomic E-state index is 5.56. The molecule has 0 amide bonds. The number of nitrogens with zero attached hydrogens (tertiary/aromatic N) is 2. The smallest absolute Gasteiger partial charge is 0.218 e. The Morgan fingerprint density at radius 3 is 2.45 bits per heavy atom. The maximum absolute atomic E-state index is 5.56. The van der Waals surface area contributed by atoms with Crippen LogP contribution in [-0.2, 0) is 6.42 Å². The summed E-state index contributed by atoms with van der Waals surface area (Å²) in [7, 11) is 0. The lowest BCUT2D eigenvalue weighted by Crippen LogP contribution is -2.11. The van der Waals surface area contributed by atoms with Gasteiger partial charge in [0, 0.05) is 18.5 Å². The molecule has 1 atom stereocenters. The lowest BCUT2D eigenvalue weighted by molar-refractivity contribution is 0.324. The Morgan fingerprint density at radius 1 is 1.09 bits per heavy atom. The van der Waals surface area contributed by atoms with Crippen LogP contribution in [-0.4, -0.2) is 16.6 Å². The van der Waals surface area contributed by atoms with Gasteiger partial charge >= 0.3 is 0 Å². The van der Waals surface area contributed by atoms with Crippen molar-refractivity contribution in [3.8, 4) is 5.88 Å². The standard InChI is InChI=1S/C18H25N3O/c1-5-22-18-12-17(20-16(21-18)11-13(2)3)19-14(4)15-9-7-6-8-10-15/h6-10,12-14H,5,11H2,1-4H3,(H,19,20,21). The Labute approximate surface area is 133 Å². The molecular formula is C18H25N3O. The van der Waals surface area contributed by atoms with Gasteiger partial charge in [0.25, 0.3) is 0 Å². The molecule has 0 aliphatic carbocycles. The summed E-state index contributed by atoms with van der Waals surface area (Å²) in [6.07, 6.45) is 0.843. The fraction of sp³-hybridized carbons (Fsp3) is 0.444. The first-order valence-electron chi connectivity index (χ1n) is 7.90. The summed E-state index contributed by atoms with van der Waals surface area (Å²) >= 11 is 0. The molecule has 4 nitrogen and oxygen atoms in total. The highest BCUT2D eigenvalue weighted by Gasteiger charge is 2.10. The van der Waals surface area contributed by atoms with Crippen LogP contribution in [0.4, 0.5) is 5.82 Å². The largest absolute Gasteiger partial charge is 0.478 e. The van der Waals surface area contributed by atoms with E-state index in [1.165, 1.54) is 5.56 Å².